The van der Waals surface area contributed by atoms with Crippen molar-refractivity contribution in [1.29, 1.82) is 0 Å². The highest BCUT2D eigenvalue weighted by Crippen LogP contribution is 2.27. The van der Waals surface area contributed by atoms with Gasteiger partial charge in [0.1, 0.15) is 12.4 Å². The lowest BCUT2D eigenvalue weighted by atomic mass is 10.2. The third-order valence-corrected chi connectivity index (χ3v) is 6.66. The van der Waals surface area contributed by atoms with Gasteiger partial charge in [0.05, 0.1) is 12.0 Å². The Hall–Kier alpha value is -4.76. The van der Waals surface area contributed by atoms with Crippen molar-refractivity contribution in [3.8, 4) is 22.8 Å². The molecule has 2 aromatic heterocycles. The first kappa shape index (κ1) is 25.9. The van der Waals surface area contributed by atoms with Crippen LogP contribution in [0.5, 0.6) is 5.75 Å². The number of hydrazone groups is 1. The normalized spacial score (nSPS) is 11.0. The number of aromatic nitrogens is 4. The Kier molecular flexibility index (Phi) is 8.40. The van der Waals surface area contributed by atoms with E-state index in [0.29, 0.717) is 17.6 Å². The molecule has 0 saturated carbocycles. The summed E-state index contributed by atoms with van der Waals surface area (Å²) >= 11 is 1.29. The van der Waals surface area contributed by atoms with Crippen LogP contribution in [0.3, 0.4) is 0 Å². The number of carbonyl (C=O) groups excluding carboxylic acids is 1. The molecule has 3 aromatic carbocycles. The van der Waals surface area contributed by atoms with Gasteiger partial charge in [-0.15, -0.1) is 10.2 Å². The van der Waals surface area contributed by atoms with Crippen LogP contribution >= 0.6 is 11.8 Å². The predicted octanol–water partition coefficient (Wildman–Crippen LogP) is 5.46. The maximum Gasteiger partial charge on any atom is 0.250 e. The van der Waals surface area contributed by atoms with Crippen molar-refractivity contribution in [2.45, 2.75) is 18.7 Å². The molecule has 39 heavy (non-hydrogen) atoms. The Morgan fingerprint density at radius 1 is 0.949 bits per heavy atom. The Morgan fingerprint density at radius 2 is 1.69 bits per heavy atom. The van der Waals surface area contributed by atoms with Crippen LogP contribution in [-0.4, -0.2) is 37.6 Å². The number of hydrogen-bond acceptors (Lipinski definition) is 7. The molecule has 1 N–H and O–H groups in total. The number of thioether (sulfide) groups is 1. The van der Waals surface area contributed by atoms with Gasteiger partial charge in [0, 0.05) is 23.6 Å². The maximum absolute atomic E-state index is 12.5. The molecule has 1 amide bonds. The Balaban J connectivity index is 1.18. The van der Waals surface area contributed by atoms with Crippen molar-refractivity contribution >= 4 is 23.9 Å². The highest BCUT2D eigenvalue weighted by molar-refractivity contribution is 7.99. The number of nitrogens with one attached hydrogen (secondary N) is 1. The van der Waals surface area contributed by atoms with Gasteiger partial charge in [-0.2, -0.15) is 5.10 Å². The summed E-state index contributed by atoms with van der Waals surface area (Å²) in [6.07, 6.45) is 5.03. The first-order valence-corrected chi connectivity index (χ1v) is 13.3. The van der Waals surface area contributed by atoms with Crippen LogP contribution in [0.4, 0.5) is 0 Å². The standard InChI is InChI=1S/C30H26N6O2S/c1-22-7-11-26(12-8-22)36-29(25-15-17-31-18-16-25)34-35-30(36)39-21-28(37)33-32-19-23-9-13-27(14-10-23)38-20-24-5-3-2-4-6-24/h2-19H,20-21H2,1H3,(H,33,37)/b32-19-. The van der Waals surface area contributed by atoms with Crippen LogP contribution in [0.1, 0.15) is 16.7 Å². The highest BCUT2D eigenvalue weighted by atomic mass is 32.2. The van der Waals surface area contributed by atoms with E-state index in [-0.39, 0.29) is 11.7 Å². The molecule has 0 radical (unpaired) electrons. The quantitative estimate of drug-likeness (QED) is 0.145. The van der Waals surface area contributed by atoms with Gasteiger partial charge >= 0.3 is 0 Å². The number of benzene rings is 3. The first-order chi connectivity index (χ1) is 19.2. The Labute approximate surface area is 230 Å². The van der Waals surface area contributed by atoms with E-state index in [2.05, 4.69) is 25.7 Å². The summed E-state index contributed by atoms with van der Waals surface area (Å²) in [5.41, 5.74) is 7.48. The van der Waals surface area contributed by atoms with E-state index in [1.165, 1.54) is 11.8 Å². The van der Waals surface area contributed by atoms with Gasteiger partial charge in [0.15, 0.2) is 11.0 Å². The molecule has 0 bridgehead atoms. The van der Waals surface area contributed by atoms with E-state index < -0.39 is 0 Å². The molecule has 8 nitrogen and oxygen atoms in total. The van der Waals surface area contributed by atoms with Crippen molar-refractivity contribution < 1.29 is 9.53 Å². The summed E-state index contributed by atoms with van der Waals surface area (Å²) in [7, 11) is 0. The van der Waals surface area contributed by atoms with Crippen molar-refractivity contribution in [2.75, 3.05) is 5.75 Å². The number of hydrogen-bond donors (Lipinski definition) is 1. The fourth-order valence-electron chi connectivity index (χ4n) is 3.71. The van der Waals surface area contributed by atoms with Gasteiger partial charge in [0.25, 0.3) is 5.91 Å². The largest absolute Gasteiger partial charge is 0.489 e. The molecule has 9 heteroatoms. The summed E-state index contributed by atoms with van der Waals surface area (Å²) in [4.78, 5) is 16.6. The molecule has 0 unspecified atom stereocenters. The van der Waals surface area contributed by atoms with Crippen LogP contribution in [0.15, 0.2) is 114 Å². The summed E-state index contributed by atoms with van der Waals surface area (Å²) in [6, 6.07) is 29.4. The summed E-state index contributed by atoms with van der Waals surface area (Å²) in [6.45, 7) is 2.54. The SMILES string of the molecule is Cc1ccc(-n2c(SCC(=O)N/N=C\c3ccc(OCc4ccccc4)cc3)nnc2-c2ccncc2)cc1. The third-order valence-electron chi connectivity index (χ3n) is 5.73. The summed E-state index contributed by atoms with van der Waals surface area (Å²) in [5, 5.41) is 13.5. The van der Waals surface area contributed by atoms with Crippen LogP contribution in [0, 0.1) is 6.92 Å². The zero-order valence-electron chi connectivity index (χ0n) is 21.3. The number of aryl methyl sites for hydroxylation is 1. The maximum atomic E-state index is 12.5. The predicted molar refractivity (Wildman–Crippen MR) is 153 cm³/mol. The van der Waals surface area contributed by atoms with E-state index in [1.807, 2.05) is 102 Å². The molecule has 5 aromatic rings. The van der Waals surface area contributed by atoms with Crippen LogP contribution in [0.25, 0.3) is 17.1 Å². The average molecular weight is 535 g/mol. The topological polar surface area (TPSA) is 94.3 Å². The van der Waals surface area contributed by atoms with Crippen molar-refractivity contribution in [3.05, 3.63) is 120 Å². The monoisotopic (exact) mass is 534 g/mol. The van der Waals surface area contributed by atoms with Gasteiger partial charge < -0.3 is 4.74 Å². The molecule has 0 aliphatic carbocycles. The van der Waals surface area contributed by atoms with Gasteiger partial charge in [0.2, 0.25) is 0 Å². The summed E-state index contributed by atoms with van der Waals surface area (Å²) < 4.78 is 7.75. The second-order valence-corrected chi connectivity index (χ2v) is 9.58. The minimum atomic E-state index is -0.247. The lowest BCUT2D eigenvalue weighted by Gasteiger charge is -2.10. The third kappa shape index (κ3) is 6.97. The van der Waals surface area contributed by atoms with Crippen molar-refractivity contribution in [1.82, 2.24) is 25.2 Å². The lowest BCUT2D eigenvalue weighted by Crippen LogP contribution is -2.20. The second kappa shape index (κ2) is 12.7. The van der Waals surface area contributed by atoms with Crippen molar-refractivity contribution in [3.63, 3.8) is 0 Å². The molecule has 194 valence electrons. The molecule has 5 rings (SSSR count). The van der Waals surface area contributed by atoms with E-state index >= 15 is 0 Å². The van der Waals surface area contributed by atoms with Crippen molar-refractivity contribution in [2.24, 2.45) is 5.10 Å². The van der Waals surface area contributed by atoms with E-state index in [4.69, 9.17) is 4.74 Å². The van der Waals surface area contributed by atoms with Gasteiger partial charge in [-0.25, -0.2) is 5.43 Å². The zero-order valence-corrected chi connectivity index (χ0v) is 22.1. The van der Waals surface area contributed by atoms with Crippen LogP contribution in [0.2, 0.25) is 0 Å². The van der Waals surface area contributed by atoms with Gasteiger partial charge in [-0.1, -0.05) is 59.8 Å². The highest BCUT2D eigenvalue weighted by Gasteiger charge is 2.17. The summed E-state index contributed by atoms with van der Waals surface area (Å²) in [5.74, 6) is 1.32. The zero-order chi connectivity index (χ0) is 26.9. The molecule has 0 fully saturated rings. The number of nitrogens with zero attached hydrogens (tertiary/aromatic N) is 5. The fraction of sp³-hybridized carbons (Fsp3) is 0.100. The average Bonchev–Trinajstić information content (AvgIpc) is 3.41. The van der Waals surface area contributed by atoms with E-state index in [1.54, 1.807) is 18.6 Å². The minimum Gasteiger partial charge on any atom is -0.489 e. The van der Waals surface area contributed by atoms with E-state index in [0.717, 1.165) is 33.7 Å². The molecule has 0 spiro atoms. The minimum absolute atomic E-state index is 0.129. The van der Waals surface area contributed by atoms with E-state index in [9.17, 15) is 4.79 Å². The number of ether oxygens (including phenoxy) is 1. The van der Waals surface area contributed by atoms with Gasteiger partial charge in [-0.3, -0.25) is 14.3 Å². The molecule has 0 aliphatic rings. The Bertz CT molecular complexity index is 1540. The van der Waals surface area contributed by atoms with Gasteiger partial charge in [-0.05, 0) is 66.6 Å². The molecule has 0 saturated heterocycles. The Morgan fingerprint density at radius 3 is 2.44 bits per heavy atom. The smallest absolute Gasteiger partial charge is 0.250 e. The first-order valence-electron chi connectivity index (χ1n) is 12.3. The fourth-order valence-corrected chi connectivity index (χ4v) is 4.45. The number of rotatable bonds is 10. The lowest BCUT2D eigenvalue weighted by molar-refractivity contribution is -0.118. The second-order valence-electron chi connectivity index (χ2n) is 8.64. The number of carbonyl (C=O) groups is 1. The van der Waals surface area contributed by atoms with Crippen LogP contribution < -0.4 is 10.2 Å². The molecule has 0 atom stereocenters. The molecular weight excluding hydrogens is 508 g/mol. The molecule has 0 aliphatic heterocycles. The molecule has 2 heterocycles. The molecular formula is C30H26N6O2S. The van der Waals surface area contributed by atoms with Crippen LogP contribution in [-0.2, 0) is 11.4 Å². The number of pyridine rings is 1. The number of amides is 1.